The molecule has 4 atom stereocenters. The molecule has 210 valence electrons. The molecule has 0 heterocycles. The zero-order valence-electron chi connectivity index (χ0n) is 26.2. The van der Waals surface area contributed by atoms with Gasteiger partial charge in [-0.25, -0.2) is 0 Å². The van der Waals surface area contributed by atoms with E-state index in [1.807, 2.05) is 0 Å². The van der Waals surface area contributed by atoms with Crippen molar-refractivity contribution in [1.29, 1.82) is 0 Å². The van der Waals surface area contributed by atoms with Gasteiger partial charge < -0.3 is 0 Å². The number of hydrogen-bond acceptors (Lipinski definition) is 0. The molecule has 0 aliphatic heterocycles. The molecule has 4 aliphatic rings. The van der Waals surface area contributed by atoms with E-state index in [0.717, 1.165) is 23.7 Å². The van der Waals surface area contributed by atoms with Gasteiger partial charge in [0, 0.05) is 0 Å². The number of hydrogen-bond donors (Lipinski definition) is 0. The van der Waals surface area contributed by atoms with E-state index < -0.39 is 0 Å². The molecule has 36 heavy (non-hydrogen) atoms. The highest BCUT2D eigenvalue weighted by Gasteiger charge is 2.18. The largest absolute Gasteiger partial charge is 0.0853 e. The quantitative estimate of drug-likeness (QED) is 0.338. The Balaban J connectivity index is 0.000000240. The van der Waals surface area contributed by atoms with E-state index in [1.165, 1.54) is 116 Å². The van der Waals surface area contributed by atoms with E-state index in [1.54, 1.807) is 22.3 Å². The Bertz CT molecular complexity index is 645. The third-order valence-corrected chi connectivity index (χ3v) is 9.77. The fourth-order valence-electron chi connectivity index (χ4n) is 6.80. The maximum absolute atomic E-state index is 2.42. The van der Waals surface area contributed by atoms with Gasteiger partial charge in [0.25, 0.3) is 0 Å². The lowest BCUT2D eigenvalue weighted by Crippen LogP contribution is -2.15. The molecule has 1 saturated carbocycles. The summed E-state index contributed by atoms with van der Waals surface area (Å²) in [5, 5.41) is 0. The Morgan fingerprint density at radius 3 is 1.78 bits per heavy atom. The smallest absolute Gasteiger partial charge is 0.0209 e. The van der Waals surface area contributed by atoms with Crippen molar-refractivity contribution >= 4 is 0 Å². The van der Waals surface area contributed by atoms with Gasteiger partial charge in [0.15, 0.2) is 0 Å². The Morgan fingerprint density at radius 1 is 0.667 bits per heavy atom. The summed E-state index contributed by atoms with van der Waals surface area (Å²) < 4.78 is 0. The van der Waals surface area contributed by atoms with Crippen LogP contribution >= 0.6 is 0 Å². The lowest BCUT2D eigenvalue weighted by atomic mass is 9.79. The van der Waals surface area contributed by atoms with Crippen LogP contribution in [0.3, 0.4) is 0 Å². The maximum Gasteiger partial charge on any atom is -0.0209 e. The molecule has 0 bridgehead atoms. The van der Waals surface area contributed by atoms with Crippen molar-refractivity contribution in [1.82, 2.24) is 0 Å². The second-order valence-electron chi connectivity index (χ2n) is 12.3. The van der Waals surface area contributed by atoms with Gasteiger partial charge in [-0.05, 0) is 121 Å². The zero-order valence-corrected chi connectivity index (χ0v) is 26.2. The molecule has 0 heteroatoms. The average Bonchev–Trinajstić information content (AvgIpc) is 2.91. The molecular formula is C36H66. The molecule has 0 radical (unpaired) electrons. The predicted molar refractivity (Wildman–Crippen MR) is 166 cm³/mol. The zero-order chi connectivity index (χ0) is 26.8. The van der Waals surface area contributed by atoms with Crippen LogP contribution in [0.25, 0.3) is 0 Å². The van der Waals surface area contributed by atoms with Crippen molar-refractivity contribution in [3.05, 3.63) is 34.4 Å². The van der Waals surface area contributed by atoms with E-state index in [0.29, 0.717) is 0 Å². The Labute approximate surface area is 228 Å². The molecule has 0 N–H and O–H groups in total. The Hall–Kier alpha value is -0.780. The van der Waals surface area contributed by atoms with Gasteiger partial charge in [-0.15, -0.1) is 0 Å². The number of allylic oxidation sites excluding steroid dienone is 6. The van der Waals surface area contributed by atoms with Gasteiger partial charge in [-0.2, -0.15) is 0 Å². The van der Waals surface area contributed by atoms with Crippen molar-refractivity contribution in [2.24, 2.45) is 23.7 Å². The van der Waals surface area contributed by atoms with Crippen molar-refractivity contribution in [3.8, 4) is 0 Å². The van der Waals surface area contributed by atoms with Crippen LogP contribution in [0.4, 0.5) is 0 Å². The molecule has 0 aromatic carbocycles. The summed E-state index contributed by atoms with van der Waals surface area (Å²) in [6, 6.07) is 0. The second-order valence-corrected chi connectivity index (χ2v) is 12.3. The van der Waals surface area contributed by atoms with E-state index >= 15 is 0 Å². The Kier molecular flexibility index (Phi) is 18.7. The molecule has 0 aromatic rings. The van der Waals surface area contributed by atoms with Crippen molar-refractivity contribution in [2.75, 3.05) is 0 Å². The second kappa shape index (κ2) is 20.2. The maximum atomic E-state index is 2.42. The normalized spacial score (nSPS) is 28.2. The summed E-state index contributed by atoms with van der Waals surface area (Å²) in [6.07, 6.45) is 30.0. The molecule has 0 aromatic heterocycles. The monoisotopic (exact) mass is 499 g/mol. The fourth-order valence-corrected chi connectivity index (χ4v) is 6.80. The summed E-state index contributed by atoms with van der Waals surface area (Å²) in [5.74, 6) is 3.87. The molecule has 0 saturated heterocycles. The first-order valence-corrected chi connectivity index (χ1v) is 16.4. The van der Waals surface area contributed by atoms with E-state index in [-0.39, 0.29) is 0 Å². The first kappa shape index (κ1) is 33.2. The van der Waals surface area contributed by atoms with Crippen LogP contribution in [-0.2, 0) is 0 Å². The molecule has 0 spiro atoms. The van der Waals surface area contributed by atoms with Crippen molar-refractivity contribution < 1.29 is 0 Å². The van der Waals surface area contributed by atoms with E-state index in [9.17, 15) is 0 Å². The van der Waals surface area contributed by atoms with Gasteiger partial charge in [0.1, 0.15) is 0 Å². The van der Waals surface area contributed by atoms with Crippen molar-refractivity contribution in [2.45, 2.75) is 171 Å². The fraction of sp³-hybridized carbons (Fsp3) is 0.833. The molecule has 1 fully saturated rings. The lowest BCUT2D eigenvalue weighted by molar-refractivity contribution is 0.249. The minimum Gasteiger partial charge on any atom is -0.0853 e. The highest BCUT2D eigenvalue weighted by Crippen LogP contribution is 2.31. The third kappa shape index (κ3) is 13.1. The van der Waals surface area contributed by atoms with Gasteiger partial charge in [-0.1, -0.05) is 108 Å². The van der Waals surface area contributed by atoms with Crippen LogP contribution in [0.1, 0.15) is 171 Å². The highest BCUT2D eigenvalue weighted by atomic mass is 14.2. The summed E-state index contributed by atoms with van der Waals surface area (Å²) in [5.41, 5.74) is 6.70. The average molecular weight is 499 g/mol. The molecule has 0 amide bonds. The van der Waals surface area contributed by atoms with E-state index in [4.69, 9.17) is 0 Å². The number of rotatable bonds is 4. The van der Waals surface area contributed by atoms with Gasteiger partial charge in [-0.3, -0.25) is 0 Å². The summed E-state index contributed by atoms with van der Waals surface area (Å²) in [6.45, 7) is 18.4. The van der Waals surface area contributed by atoms with E-state index in [2.05, 4.69) is 67.5 Å². The lowest BCUT2D eigenvalue weighted by Gasteiger charge is -2.27. The topological polar surface area (TPSA) is 0 Å². The minimum atomic E-state index is 0.878. The predicted octanol–water partition coefficient (Wildman–Crippen LogP) is 12.8. The van der Waals surface area contributed by atoms with Crippen LogP contribution in [0.2, 0.25) is 0 Å². The van der Waals surface area contributed by atoms with Crippen LogP contribution in [0.15, 0.2) is 34.4 Å². The van der Waals surface area contributed by atoms with Crippen LogP contribution in [0, 0.1) is 23.7 Å². The third-order valence-electron chi connectivity index (χ3n) is 9.77. The first-order chi connectivity index (χ1) is 17.4. The van der Waals surface area contributed by atoms with Gasteiger partial charge in [0.2, 0.25) is 0 Å². The first-order valence-electron chi connectivity index (χ1n) is 16.4. The molecule has 4 unspecified atom stereocenters. The standard InChI is InChI=1S/C9H18.3C9H16/c4*1-3-9-7-5-4-6-8(9)2/h8-9H,3-7H2,1-2H3;3-7H2,1-2H3;7-8H,3-6H2,1-2H3;6,9H,3-5,7H2,1-2H3. The van der Waals surface area contributed by atoms with Gasteiger partial charge >= 0.3 is 0 Å². The molecule has 4 aliphatic carbocycles. The Morgan fingerprint density at radius 2 is 1.33 bits per heavy atom. The van der Waals surface area contributed by atoms with Crippen LogP contribution < -0.4 is 0 Å². The highest BCUT2D eigenvalue weighted by molar-refractivity contribution is 5.14. The van der Waals surface area contributed by atoms with Gasteiger partial charge in [0.05, 0.1) is 0 Å². The van der Waals surface area contributed by atoms with Crippen LogP contribution in [0.5, 0.6) is 0 Å². The molecular weight excluding hydrogens is 432 g/mol. The summed E-state index contributed by atoms with van der Waals surface area (Å²) in [7, 11) is 0. The van der Waals surface area contributed by atoms with Crippen molar-refractivity contribution in [3.63, 3.8) is 0 Å². The summed E-state index contributed by atoms with van der Waals surface area (Å²) in [4.78, 5) is 0. The SMILES string of the molecule is CCC1=C(C)CCCC1.CCC1=CCCCC1C.CCC1CCCC=C1C.CCC1CCCCC1C. The summed E-state index contributed by atoms with van der Waals surface area (Å²) >= 11 is 0. The minimum absolute atomic E-state index is 0.878. The van der Waals surface area contributed by atoms with Crippen LogP contribution in [-0.4, -0.2) is 0 Å². The molecule has 4 rings (SSSR count). The molecule has 0 nitrogen and oxygen atoms in total.